The Morgan fingerprint density at radius 3 is 3.23 bits per heavy atom. The minimum absolute atomic E-state index is 0.542. The lowest BCUT2D eigenvalue weighted by Crippen LogP contribution is -1.97. The van der Waals surface area contributed by atoms with Gasteiger partial charge in [-0.3, -0.25) is 0 Å². The predicted molar refractivity (Wildman–Crippen MR) is 50.4 cm³/mol. The van der Waals surface area contributed by atoms with E-state index in [1.165, 1.54) is 0 Å². The molecule has 2 aromatic rings. The monoisotopic (exact) mass is 174 g/mol. The van der Waals surface area contributed by atoms with E-state index in [4.69, 9.17) is 0 Å². The zero-order valence-corrected chi connectivity index (χ0v) is 7.18. The fourth-order valence-corrected chi connectivity index (χ4v) is 1.39. The van der Waals surface area contributed by atoms with E-state index in [0.29, 0.717) is 13.0 Å². The lowest BCUT2D eigenvalue weighted by Gasteiger charge is -1.99. The fourth-order valence-electron chi connectivity index (χ4n) is 1.39. The van der Waals surface area contributed by atoms with E-state index in [0.717, 1.165) is 17.3 Å². The number of fused-ring (bicyclic) bond motifs is 1. The van der Waals surface area contributed by atoms with Gasteiger partial charge in [-0.15, -0.1) is 0 Å². The van der Waals surface area contributed by atoms with E-state index >= 15 is 0 Å². The summed E-state index contributed by atoms with van der Waals surface area (Å²) in [5.41, 5.74) is 0.948. The van der Waals surface area contributed by atoms with E-state index in [1.807, 2.05) is 29.0 Å². The third kappa shape index (κ3) is 1.45. The zero-order chi connectivity index (χ0) is 9.10. The molecule has 0 aromatic carbocycles. The summed E-state index contributed by atoms with van der Waals surface area (Å²) < 4.78 is 1.99. The largest absolute Gasteiger partial charge is 0.332 e. The first-order valence-electron chi connectivity index (χ1n) is 4.25. The second-order valence-corrected chi connectivity index (χ2v) is 2.88. The van der Waals surface area contributed by atoms with E-state index < -0.39 is 0 Å². The van der Waals surface area contributed by atoms with Crippen LogP contribution >= 0.6 is 0 Å². The Morgan fingerprint density at radius 1 is 1.46 bits per heavy atom. The molecule has 0 bridgehead atoms. The number of aldehydes is 1. The normalized spacial score (nSPS) is 10.5. The Bertz CT molecular complexity index is 420. The molecule has 66 valence electrons. The Labute approximate surface area is 76.0 Å². The molecule has 0 radical (unpaired) electrons. The maximum Gasteiger partial charge on any atom is 0.139 e. The van der Waals surface area contributed by atoms with Gasteiger partial charge >= 0.3 is 0 Å². The molecule has 3 heteroatoms. The second kappa shape index (κ2) is 3.39. The highest BCUT2D eigenvalue weighted by Gasteiger charge is 1.99. The van der Waals surface area contributed by atoms with Crippen LogP contribution in [0.1, 0.15) is 6.42 Å². The molecule has 0 atom stereocenters. The van der Waals surface area contributed by atoms with Crippen LogP contribution in [0.4, 0.5) is 0 Å². The molecular formula is C10H10N2O. The highest BCUT2D eigenvalue weighted by molar-refractivity contribution is 5.75. The van der Waals surface area contributed by atoms with Gasteiger partial charge in [0.1, 0.15) is 11.9 Å². The van der Waals surface area contributed by atoms with E-state index in [1.54, 1.807) is 6.20 Å². The molecule has 0 aliphatic heterocycles. The summed E-state index contributed by atoms with van der Waals surface area (Å²) in [5.74, 6) is 0. The lowest BCUT2D eigenvalue weighted by molar-refractivity contribution is -0.108. The average molecular weight is 174 g/mol. The van der Waals surface area contributed by atoms with Gasteiger partial charge < -0.3 is 9.36 Å². The number of carbonyl (C=O) groups excluding carboxylic acids is 1. The third-order valence-corrected chi connectivity index (χ3v) is 2.01. The third-order valence-electron chi connectivity index (χ3n) is 2.01. The summed E-state index contributed by atoms with van der Waals surface area (Å²) in [4.78, 5) is 14.4. The maximum atomic E-state index is 10.2. The van der Waals surface area contributed by atoms with Gasteiger partial charge in [-0.1, -0.05) is 0 Å². The van der Waals surface area contributed by atoms with Crippen LogP contribution in [0.15, 0.2) is 30.6 Å². The molecule has 2 aromatic heterocycles. The Kier molecular flexibility index (Phi) is 2.08. The summed E-state index contributed by atoms with van der Waals surface area (Å²) in [5, 5.41) is 1.12. The SMILES string of the molecule is O=CCCn1ccc2cccnc21. The minimum Gasteiger partial charge on any atom is -0.332 e. The van der Waals surface area contributed by atoms with Gasteiger partial charge in [-0.2, -0.15) is 0 Å². The fraction of sp³-hybridized carbons (Fsp3) is 0.200. The number of carbonyl (C=O) groups is 1. The molecule has 0 N–H and O–H groups in total. The van der Waals surface area contributed by atoms with Gasteiger partial charge in [-0.25, -0.2) is 4.98 Å². The zero-order valence-electron chi connectivity index (χ0n) is 7.18. The van der Waals surface area contributed by atoms with Crippen LogP contribution in [-0.2, 0) is 11.3 Å². The van der Waals surface area contributed by atoms with Crippen molar-refractivity contribution < 1.29 is 4.79 Å². The number of aryl methyl sites for hydroxylation is 1. The molecular weight excluding hydrogens is 164 g/mol. The van der Waals surface area contributed by atoms with Crippen LogP contribution in [0.3, 0.4) is 0 Å². The number of pyridine rings is 1. The van der Waals surface area contributed by atoms with Crippen molar-refractivity contribution in [3.63, 3.8) is 0 Å². The Balaban J connectivity index is 2.40. The molecule has 2 rings (SSSR count). The maximum absolute atomic E-state index is 10.2. The molecule has 0 spiro atoms. The average Bonchev–Trinajstić information content (AvgIpc) is 2.58. The molecule has 0 unspecified atom stereocenters. The second-order valence-electron chi connectivity index (χ2n) is 2.88. The van der Waals surface area contributed by atoms with Crippen molar-refractivity contribution in [1.82, 2.24) is 9.55 Å². The minimum atomic E-state index is 0.542. The number of aromatic nitrogens is 2. The van der Waals surface area contributed by atoms with Crippen molar-refractivity contribution in [3.8, 4) is 0 Å². The molecule has 0 aliphatic rings. The van der Waals surface area contributed by atoms with Crippen LogP contribution in [0.5, 0.6) is 0 Å². The number of nitrogens with zero attached hydrogens (tertiary/aromatic N) is 2. The van der Waals surface area contributed by atoms with Gasteiger partial charge in [0.15, 0.2) is 0 Å². The summed E-state index contributed by atoms with van der Waals surface area (Å²) in [6, 6.07) is 5.93. The first-order valence-corrected chi connectivity index (χ1v) is 4.25. The van der Waals surface area contributed by atoms with E-state index in [9.17, 15) is 4.79 Å². The van der Waals surface area contributed by atoms with Crippen molar-refractivity contribution in [3.05, 3.63) is 30.6 Å². The summed E-state index contributed by atoms with van der Waals surface area (Å²) in [6.45, 7) is 0.712. The number of rotatable bonds is 3. The highest BCUT2D eigenvalue weighted by Crippen LogP contribution is 2.11. The van der Waals surface area contributed by atoms with Gasteiger partial charge in [0.05, 0.1) is 0 Å². The summed E-state index contributed by atoms with van der Waals surface area (Å²) in [7, 11) is 0. The number of hydrogen-bond acceptors (Lipinski definition) is 2. The lowest BCUT2D eigenvalue weighted by atomic mass is 10.3. The molecule has 0 fully saturated rings. The molecule has 0 saturated heterocycles. The van der Waals surface area contributed by atoms with Crippen LogP contribution < -0.4 is 0 Å². The summed E-state index contributed by atoms with van der Waals surface area (Å²) >= 11 is 0. The van der Waals surface area contributed by atoms with Crippen LogP contribution in [0, 0.1) is 0 Å². The topological polar surface area (TPSA) is 34.9 Å². The number of hydrogen-bond donors (Lipinski definition) is 0. The van der Waals surface area contributed by atoms with Crippen molar-refractivity contribution in [1.29, 1.82) is 0 Å². The molecule has 13 heavy (non-hydrogen) atoms. The Hall–Kier alpha value is -1.64. The first-order chi connectivity index (χ1) is 6.42. The quantitative estimate of drug-likeness (QED) is 0.663. The molecule has 0 aliphatic carbocycles. The molecule has 0 saturated carbocycles. The van der Waals surface area contributed by atoms with Gasteiger partial charge in [0.25, 0.3) is 0 Å². The van der Waals surface area contributed by atoms with Crippen molar-refractivity contribution in [2.75, 3.05) is 0 Å². The summed E-state index contributed by atoms with van der Waals surface area (Å²) in [6.07, 6.45) is 5.19. The molecule has 2 heterocycles. The smallest absolute Gasteiger partial charge is 0.139 e. The standard InChI is InChI=1S/C10H10N2O/c13-8-2-6-12-7-4-9-3-1-5-11-10(9)12/h1,3-5,7-8H,2,6H2. The molecule has 3 nitrogen and oxygen atoms in total. The van der Waals surface area contributed by atoms with Crippen molar-refractivity contribution in [2.24, 2.45) is 0 Å². The van der Waals surface area contributed by atoms with Crippen molar-refractivity contribution >= 4 is 17.3 Å². The van der Waals surface area contributed by atoms with Gasteiger partial charge in [-0.05, 0) is 18.2 Å². The Morgan fingerprint density at radius 2 is 2.38 bits per heavy atom. The van der Waals surface area contributed by atoms with Gasteiger partial charge in [0.2, 0.25) is 0 Å². The van der Waals surface area contributed by atoms with E-state index in [2.05, 4.69) is 4.98 Å². The van der Waals surface area contributed by atoms with Crippen LogP contribution in [0.25, 0.3) is 11.0 Å². The first kappa shape index (κ1) is 7.98. The van der Waals surface area contributed by atoms with Crippen molar-refractivity contribution in [2.45, 2.75) is 13.0 Å². The van der Waals surface area contributed by atoms with Crippen LogP contribution in [-0.4, -0.2) is 15.8 Å². The van der Waals surface area contributed by atoms with Gasteiger partial charge in [0, 0.05) is 30.7 Å². The highest BCUT2D eigenvalue weighted by atomic mass is 16.1. The molecule has 0 amide bonds. The predicted octanol–water partition coefficient (Wildman–Crippen LogP) is 1.63. The van der Waals surface area contributed by atoms with E-state index in [-0.39, 0.29) is 0 Å². The van der Waals surface area contributed by atoms with Crippen LogP contribution in [0.2, 0.25) is 0 Å².